The number of benzene rings is 2. The maximum atomic E-state index is 16.4. The van der Waals surface area contributed by atoms with E-state index in [-0.39, 0.29) is 44.0 Å². The van der Waals surface area contributed by atoms with Crippen LogP contribution in [0.2, 0.25) is 18.6 Å². The number of hydrogen-bond donors (Lipinski definition) is 1. The van der Waals surface area contributed by atoms with Crippen molar-refractivity contribution in [2.45, 2.75) is 69.1 Å². The number of hydrogen-bond acceptors (Lipinski definition) is 8. The van der Waals surface area contributed by atoms with E-state index in [9.17, 15) is 24.3 Å². The Bertz CT molecular complexity index is 1640. The lowest BCUT2D eigenvalue weighted by Gasteiger charge is -2.31. The summed E-state index contributed by atoms with van der Waals surface area (Å²) in [6, 6.07) is 12.4. The number of rotatable bonds is 8. The van der Waals surface area contributed by atoms with Crippen molar-refractivity contribution in [3.8, 4) is 0 Å². The number of nitrogens with zero attached hydrogens (tertiary/aromatic N) is 4. The lowest BCUT2D eigenvalue weighted by Crippen LogP contribution is -2.45. The second-order valence-corrected chi connectivity index (χ2v) is 17.6. The van der Waals surface area contributed by atoms with Crippen molar-refractivity contribution in [1.82, 2.24) is 4.90 Å². The van der Waals surface area contributed by atoms with Gasteiger partial charge in [-0.2, -0.15) is 0 Å². The number of anilines is 3. The van der Waals surface area contributed by atoms with Crippen LogP contribution in [0, 0.1) is 5.92 Å². The maximum Gasteiger partial charge on any atom is 0.414 e. The van der Waals surface area contributed by atoms with E-state index in [1.54, 1.807) is 46.0 Å². The molecule has 12 nitrogen and oxygen atoms in total. The molecule has 4 fully saturated rings. The molecule has 2 aromatic rings. The SMILES string of the molecule is C[C@@H]1[C@@H]([Si](C)(C)F)[C@H](CC(=O)N2CCC[C@H]2CO)O[C@@]12C(=O)N(Cc1ccc(N3CCOC3=O)cc1)c1ccc(N3CCOC3=O)cc12. The topological polar surface area (TPSA) is 129 Å². The normalized spacial score (nSPS) is 28.6. The lowest BCUT2D eigenvalue weighted by molar-refractivity contribution is -0.150. The van der Waals surface area contributed by atoms with Gasteiger partial charge in [-0.1, -0.05) is 19.1 Å². The van der Waals surface area contributed by atoms with Gasteiger partial charge < -0.3 is 33.2 Å². The van der Waals surface area contributed by atoms with Crippen LogP contribution in [0.15, 0.2) is 42.5 Å². The van der Waals surface area contributed by atoms with Crippen LogP contribution in [0.3, 0.4) is 0 Å². The molecule has 2 aromatic carbocycles. The van der Waals surface area contributed by atoms with Crippen molar-refractivity contribution in [2.24, 2.45) is 5.92 Å². The molecule has 5 atom stereocenters. The fourth-order valence-electron chi connectivity index (χ4n) is 8.42. The number of likely N-dealkylation sites (tertiary alicyclic amines) is 1. The second kappa shape index (κ2) is 12.1. The molecular weight excluding hydrogens is 639 g/mol. The van der Waals surface area contributed by atoms with E-state index in [1.807, 2.05) is 31.2 Å². The molecule has 1 spiro atoms. The van der Waals surface area contributed by atoms with Gasteiger partial charge >= 0.3 is 12.2 Å². The van der Waals surface area contributed by atoms with E-state index in [2.05, 4.69) is 0 Å². The highest BCUT2D eigenvalue weighted by molar-refractivity contribution is 6.72. The molecule has 0 aliphatic carbocycles. The Morgan fingerprint density at radius 3 is 2.23 bits per heavy atom. The van der Waals surface area contributed by atoms with Crippen molar-refractivity contribution >= 4 is 49.5 Å². The van der Waals surface area contributed by atoms with Crippen molar-refractivity contribution in [3.05, 3.63) is 53.6 Å². The number of aliphatic hydroxyl groups excluding tert-OH is 1. The third-order valence-corrected chi connectivity index (χ3v) is 13.1. The van der Waals surface area contributed by atoms with Crippen LogP contribution in [0.5, 0.6) is 0 Å². The van der Waals surface area contributed by atoms with Gasteiger partial charge in [0.15, 0.2) is 5.60 Å². The predicted octanol–water partition coefficient (Wildman–Crippen LogP) is 4.30. The first-order chi connectivity index (χ1) is 22.9. The molecule has 0 saturated carbocycles. The van der Waals surface area contributed by atoms with Gasteiger partial charge in [0, 0.05) is 34.9 Å². The summed E-state index contributed by atoms with van der Waals surface area (Å²) >= 11 is 0. The first-order valence-electron chi connectivity index (χ1n) is 16.6. The smallest absolute Gasteiger partial charge is 0.414 e. The van der Waals surface area contributed by atoms with E-state index in [1.165, 1.54) is 4.90 Å². The number of carbonyl (C=O) groups excluding carboxylic acids is 4. The maximum absolute atomic E-state index is 16.4. The molecule has 5 aliphatic rings. The zero-order chi connectivity index (χ0) is 34.0. The molecule has 14 heteroatoms. The van der Waals surface area contributed by atoms with Gasteiger partial charge in [0.25, 0.3) is 5.91 Å². The average Bonchev–Trinajstić information content (AvgIpc) is 3.88. The largest absolute Gasteiger partial charge is 0.447 e. The average molecular weight is 681 g/mol. The summed E-state index contributed by atoms with van der Waals surface area (Å²) in [7, 11) is -3.54. The summed E-state index contributed by atoms with van der Waals surface area (Å²) in [5.74, 6) is -1.21. The number of fused-ring (bicyclic) bond motifs is 2. The van der Waals surface area contributed by atoms with Gasteiger partial charge in [0.05, 0.1) is 50.5 Å². The van der Waals surface area contributed by atoms with Crippen LogP contribution in [-0.4, -0.2) is 94.0 Å². The zero-order valence-corrected chi connectivity index (χ0v) is 28.4. The molecule has 4 saturated heterocycles. The van der Waals surface area contributed by atoms with Crippen LogP contribution in [0.4, 0.5) is 30.8 Å². The van der Waals surface area contributed by atoms with Crippen molar-refractivity contribution in [1.29, 1.82) is 0 Å². The van der Waals surface area contributed by atoms with Crippen molar-refractivity contribution < 1.29 is 42.6 Å². The molecule has 48 heavy (non-hydrogen) atoms. The molecule has 0 unspecified atom stereocenters. The van der Waals surface area contributed by atoms with E-state index >= 15 is 4.11 Å². The molecule has 7 rings (SSSR count). The molecule has 4 amide bonds. The third-order valence-electron chi connectivity index (χ3n) is 10.7. The number of carbonyl (C=O) groups is 4. The van der Waals surface area contributed by atoms with Crippen LogP contribution in [0.25, 0.3) is 0 Å². The van der Waals surface area contributed by atoms with Crippen LogP contribution in [0.1, 0.15) is 37.3 Å². The number of aliphatic hydroxyl groups is 1. The molecule has 5 heterocycles. The van der Waals surface area contributed by atoms with E-state index < -0.39 is 43.8 Å². The minimum absolute atomic E-state index is 0.102. The molecule has 256 valence electrons. The molecule has 5 aliphatic heterocycles. The second-order valence-electron chi connectivity index (χ2n) is 13.8. The standard InChI is InChI=1S/C34H41FN4O8Si/c1-21-30(48(2,3)35)28(18-29(41)36-12-4-5-25(36)20-40)47-34(21)26-17-24(38-14-16-46-33(38)44)10-11-27(26)39(31(34)42)19-22-6-8-23(9-7-22)37-13-15-45-32(37)43/h6-11,17,21,25,28,30,40H,4-5,12-16,18-20H2,1-3H3/t21-,25+,28+,30-,34+/m1/s1. The van der Waals surface area contributed by atoms with E-state index in [0.717, 1.165) is 12.0 Å². The van der Waals surface area contributed by atoms with Crippen molar-refractivity contribution in [3.63, 3.8) is 0 Å². The summed E-state index contributed by atoms with van der Waals surface area (Å²) in [4.78, 5) is 59.5. The third kappa shape index (κ3) is 5.24. The van der Waals surface area contributed by atoms with E-state index in [4.69, 9.17) is 14.2 Å². The predicted molar refractivity (Wildman–Crippen MR) is 176 cm³/mol. The monoisotopic (exact) mass is 680 g/mol. The Morgan fingerprint density at radius 1 is 0.979 bits per heavy atom. The van der Waals surface area contributed by atoms with Gasteiger partial charge in [0.1, 0.15) is 13.2 Å². The lowest BCUT2D eigenvalue weighted by atomic mass is 9.82. The molecule has 0 radical (unpaired) electrons. The summed E-state index contributed by atoms with van der Waals surface area (Å²) < 4.78 is 33.4. The summed E-state index contributed by atoms with van der Waals surface area (Å²) in [5, 5.41) is 9.86. The number of ether oxygens (including phenoxy) is 3. The summed E-state index contributed by atoms with van der Waals surface area (Å²) in [6.07, 6.45) is -0.384. The number of halogens is 1. The van der Waals surface area contributed by atoms with Crippen molar-refractivity contribution in [2.75, 3.05) is 54.2 Å². The van der Waals surface area contributed by atoms with Gasteiger partial charge in [-0.15, -0.1) is 0 Å². The Labute approximate surface area is 279 Å². The first-order valence-corrected chi connectivity index (χ1v) is 19.6. The van der Waals surface area contributed by atoms with Crippen LogP contribution >= 0.6 is 0 Å². The number of amides is 4. The minimum atomic E-state index is -3.54. The van der Waals surface area contributed by atoms with E-state index in [0.29, 0.717) is 55.3 Å². The quantitative estimate of drug-likeness (QED) is 0.323. The highest BCUT2D eigenvalue weighted by Gasteiger charge is 2.67. The zero-order valence-electron chi connectivity index (χ0n) is 27.4. The van der Waals surface area contributed by atoms with Crippen LogP contribution in [-0.2, 0) is 35.9 Å². The Balaban J connectivity index is 1.26. The Kier molecular flexibility index (Phi) is 8.23. The Hall–Kier alpha value is -4.01. The van der Waals surface area contributed by atoms with Gasteiger partial charge in [-0.25, -0.2) is 9.59 Å². The summed E-state index contributed by atoms with van der Waals surface area (Å²) in [6.45, 7) is 6.93. The Morgan fingerprint density at radius 2 is 1.62 bits per heavy atom. The van der Waals surface area contributed by atoms with Gasteiger partial charge in [-0.05, 0) is 61.8 Å². The first kappa shape index (κ1) is 32.5. The minimum Gasteiger partial charge on any atom is -0.447 e. The molecular formula is C34H41FN4O8Si. The number of cyclic esters (lactones) is 2. The van der Waals surface area contributed by atoms with Gasteiger partial charge in [0.2, 0.25) is 14.3 Å². The van der Waals surface area contributed by atoms with Crippen LogP contribution < -0.4 is 14.7 Å². The highest BCUT2D eigenvalue weighted by Crippen LogP contribution is 2.61. The molecule has 0 aromatic heterocycles. The molecule has 1 N–H and O–H groups in total. The fourth-order valence-corrected chi connectivity index (χ4v) is 10.9. The highest BCUT2D eigenvalue weighted by atomic mass is 28.4. The molecule has 0 bridgehead atoms. The summed E-state index contributed by atoms with van der Waals surface area (Å²) in [5.41, 5.74) is 0.856. The van der Waals surface area contributed by atoms with Gasteiger partial charge in [-0.3, -0.25) is 19.4 Å². The fraction of sp³-hybridized carbons (Fsp3) is 0.529.